The maximum Gasteiger partial charge on any atom is 0.416 e. The second-order valence-electron chi connectivity index (χ2n) is 8.38. The van der Waals surface area contributed by atoms with E-state index in [0.717, 1.165) is 21.3 Å². The Morgan fingerprint density at radius 1 is 1.17 bits per heavy atom. The van der Waals surface area contributed by atoms with Gasteiger partial charge in [-0.2, -0.15) is 18.3 Å². The number of hydrogen-bond donors (Lipinski definition) is 2. The summed E-state index contributed by atoms with van der Waals surface area (Å²) in [4.78, 5) is 16.6. The fourth-order valence-electron chi connectivity index (χ4n) is 3.47. The second kappa shape index (κ2) is 13.7. The number of halogens is 6. The first-order valence-electron chi connectivity index (χ1n) is 11.7. The molecule has 2 N–H and O–H groups in total. The van der Waals surface area contributed by atoms with Crippen LogP contribution in [-0.4, -0.2) is 24.2 Å². The van der Waals surface area contributed by atoms with E-state index in [1.807, 2.05) is 6.07 Å². The number of thiazole rings is 1. The lowest BCUT2D eigenvalue weighted by Crippen LogP contribution is -2.20. The lowest BCUT2D eigenvalue weighted by molar-refractivity contribution is -0.137. The van der Waals surface area contributed by atoms with E-state index in [4.69, 9.17) is 32.7 Å². The number of carbonyl (C=O) groups is 1. The van der Waals surface area contributed by atoms with Crippen molar-refractivity contribution in [3.63, 3.8) is 0 Å². The van der Waals surface area contributed by atoms with E-state index in [0.29, 0.717) is 37.9 Å². The first-order chi connectivity index (χ1) is 19.5. The van der Waals surface area contributed by atoms with Gasteiger partial charge >= 0.3 is 6.18 Å². The second-order valence-corrected chi connectivity index (χ2v) is 11.2. The van der Waals surface area contributed by atoms with Gasteiger partial charge in [-0.1, -0.05) is 35.3 Å². The van der Waals surface area contributed by atoms with E-state index < -0.39 is 17.6 Å². The van der Waals surface area contributed by atoms with E-state index >= 15 is 0 Å². The molecule has 0 saturated carbocycles. The van der Waals surface area contributed by atoms with Crippen LogP contribution in [0, 0.1) is 3.57 Å². The minimum Gasteiger partial charge on any atom is -0.493 e. The van der Waals surface area contributed by atoms with Crippen molar-refractivity contribution in [1.82, 2.24) is 10.4 Å². The lowest BCUT2D eigenvalue weighted by Gasteiger charge is -2.14. The van der Waals surface area contributed by atoms with Gasteiger partial charge in [0.2, 0.25) is 5.91 Å². The minimum atomic E-state index is -4.45. The minimum absolute atomic E-state index is 0.0704. The molecule has 0 fully saturated rings. The molecule has 0 unspecified atom stereocenters. The Bertz CT molecular complexity index is 1580. The molecule has 14 heteroatoms. The van der Waals surface area contributed by atoms with Gasteiger partial charge in [0, 0.05) is 26.7 Å². The van der Waals surface area contributed by atoms with Crippen molar-refractivity contribution in [3.8, 4) is 11.5 Å². The van der Waals surface area contributed by atoms with Crippen LogP contribution in [0.4, 0.5) is 24.0 Å². The van der Waals surface area contributed by atoms with Crippen LogP contribution in [0.25, 0.3) is 0 Å². The van der Waals surface area contributed by atoms with Crippen molar-refractivity contribution in [1.29, 1.82) is 0 Å². The molecule has 4 aromatic rings. The van der Waals surface area contributed by atoms with Gasteiger partial charge in [0.1, 0.15) is 6.61 Å². The van der Waals surface area contributed by atoms with Gasteiger partial charge in [0.15, 0.2) is 16.6 Å². The van der Waals surface area contributed by atoms with Gasteiger partial charge in [-0.25, -0.2) is 10.4 Å². The van der Waals surface area contributed by atoms with Crippen LogP contribution in [0.1, 0.15) is 22.4 Å². The molecule has 4 rings (SSSR count). The predicted molar refractivity (Wildman–Crippen MR) is 163 cm³/mol. The Morgan fingerprint density at radius 2 is 1.98 bits per heavy atom. The van der Waals surface area contributed by atoms with Crippen molar-refractivity contribution in [2.45, 2.75) is 19.2 Å². The summed E-state index contributed by atoms with van der Waals surface area (Å²) in [5.74, 6) is 0.579. The number of anilines is 2. The largest absolute Gasteiger partial charge is 0.493 e. The Hall–Kier alpha value is -3.07. The number of amides is 1. The van der Waals surface area contributed by atoms with Gasteiger partial charge in [0.05, 0.1) is 34.6 Å². The highest BCUT2D eigenvalue weighted by Gasteiger charge is 2.30. The fraction of sp³-hybridized carbons (Fsp3) is 0.148. The number of nitrogens with zero attached hydrogens (tertiary/aromatic N) is 2. The molecule has 0 aliphatic carbocycles. The lowest BCUT2D eigenvalue weighted by atomic mass is 10.2. The maximum absolute atomic E-state index is 12.9. The highest BCUT2D eigenvalue weighted by molar-refractivity contribution is 14.1. The maximum atomic E-state index is 12.9. The average molecular weight is 735 g/mol. The normalized spacial score (nSPS) is 11.5. The summed E-state index contributed by atoms with van der Waals surface area (Å²) >= 11 is 15.5. The Kier molecular flexibility index (Phi) is 10.3. The molecule has 7 nitrogen and oxygen atoms in total. The SMILES string of the molecule is COc1cc(/C=N\NC(=O)Cc2csc(Nc3cccc(C(F)(F)F)c3)n2)cc(I)c1OCc1ccc(Cl)cc1Cl. The zero-order chi connectivity index (χ0) is 29.6. The highest BCUT2D eigenvalue weighted by atomic mass is 127. The molecule has 41 heavy (non-hydrogen) atoms. The van der Waals surface area contributed by atoms with Gasteiger partial charge in [-0.3, -0.25) is 4.79 Å². The van der Waals surface area contributed by atoms with Crippen LogP contribution in [0.15, 0.2) is 65.1 Å². The summed E-state index contributed by atoms with van der Waals surface area (Å²) in [7, 11) is 1.51. The smallest absolute Gasteiger partial charge is 0.416 e. The number of carbonyl (C=O) groups excluding carboxylic acids is 1. The highest BCUT2D eigenvalue weighted by Crippen LogP contribution is 2.35. The van der Waals surface area contributed by atoms with Crippen LogP contribution in [0.3, 0.4) is 0 Å². The number of alkyl halides is 3. The number of ether oxygens (including phenoxy) is 2. The number of hydrogen-bond acceptors (Lipinski definition) is 7. The fourth-order valence-corrected chi connectivity index (χ4v) is 5.44. The van der Waals surface area contributed by atoms with Gasteiger partial charge < -0.3 is 14.8 Å². The van der Waals surface area contributed by atoms with E-state index in [1.165, 1.54) is 36.8 Å². The van der Waals surface area contributed by atoms with E-state index in [-0.39, 0.29) is 18.7 Å². The Morgan fingerprint density at radius 3 is 2.71 bits per heavy atom. The van der Waals surface area contributed by atoms with Crippen molar-refractivity contribution in [3.05, 3.63) is 96.0 Å². The molecule has 214 valence electrons. The molecule has 1 amide bonds. The molecule has 3 aromatic carbocycles. The van der Waals surface area contributed by atoms with E-state index in [2.05, 4.69) is 43.4 Å². The zero-order valence-corrected chi connectivity index (χ0v) is 25.5. The first kappa shape index (κ1) is 30.9. The average Bonchev–Trinajstić information content (AvgIpc) is 3.34. The summed E-state index contributed by atoms with van der Waals surface area (Å²) in [6.45, 7) is 0.208. The molecule has 0 atom stereocenters. The number of methoxy groups -OCH3 is 1. The summed E-state index contributed by atoms with van der Waals surface area (Å²) in [5.41, 5.74) is 3.77. The van der Waals surface area contributed by atoms with Crippen molar-refractivity contribution in [2.75, 3.05) is 12.4 Å². The van der Waals surface area contributed by atoms with Crippen molar-refractivity contribution < 1.29 is 27.4 Å². The zero-order valence-electron chi connectivity index (χ0n) is 21.1. The molecular weight excluding hydrogens is 715 g/mol. The van der Waals surface area contributed by atoms with Crippen molar-refractivity contribution in [2.24, 2.45) is 5.10 Å². The number of aromatic nitrogens is 1. The third kappa shape index (κ3) is 8.71. The molecule has 0 radical (unpaired) electrons. The standard InChI is InChI=1S/C27H20Cl2F3IN4O3S/c1-39-23-8-15(7-22(33)25(23)40-13-16-5-6-18(28)10-21(16)29)12-34-37-24(38)11-20-14-41-26(36-20)35-19-4-2-3-17(9-19)27(30,31)32/h2-10,12,14H,11,13H2,1H3,(H,35,36)(H,37,38)/b34-12-. The van der Waals surface area contributed by atoms with Gasteiger partial charge in [0.25, 0.3) is 0 Å². The molecule has 0 bridgehead atoms. The quantitative estimate of drug-likeness (QED) is 0.0978. The van der Waals surface area contributed by atoms with Crippen LogP contribution in [0.5, 0.6) is 11.5 Å². The van der Waals surface area contributed by atoms with Gasteiger partial charge in [-0.05, 0) is 70.6 Å². The summed E-state index contributed by atoms with van der Waals surface area (Å²) in [6, 6.07) is 13.5. The third-order valence-corrected chi connectivity index (χ3v) is 7.57. The Labute approximate surface area is 260 Å². The summed E-state index contributed by atoms with van der Waals surface area (Å²) in [6.07, 6.45) is -3.06. The summed E-state index contributed by atoms with van der Waals surface area (Å²) < 4.78 is 51.0. The number of hydrazone groups is 1. The van der Waals surface area contributed by atoms with Crippen LogP contribution < -0.4 is 20.2 Å². The molecule has 1 heterocycles. The topological polar surface area (TPSA) is 84.8 Å². The van der Waals surface area contributed by atoms with Crippen LogP contribution in [0.2, 0.25) is 10.0 Å². The van der Waals surface area contributed by atoms with Crippen LogP contribution >= 0.6 is 57.1 Å². The van der Waals surface area contributed by atoms with Crippen molar-refractivity contribution >= 4 is 80.1 Å². The number of nitrogens with one attached hydrogen (secondary N) is 2. The third-order valence-electron chi connectivity index (χ3n) is 5.38. The number of benzene rings is 3. The molecular formula is C27H20Cl2F3IN4O3S. The van der Waals surface area contributed by atoms with Crippen LogP contribution in [-0.2, 0) is 24.0 Å². The van der Waals surface area contributed by atoms with E-state index in [9.17, 15) is 18.0 Å². The predicted octanol–water partition coefficient (Wildman–Crippen LogP) is 8.10. The Balaban J connectivity index is 1.33. The summed E-state index contributed by atoms with van der Waals surface area (Å²) in [5, 5.41) is 9.86. The van der Waals surface area contributed by atoms with E-state index in [1.54, 1.807) is 29.6 Å². The number of rotatable bonds is 10. The molecule has 0 spiro atoms. The molecule has 0 saturated heterocycles. The van der Waals surface area contributed by atoms with Gasteiger partial charge in [-0.15, -0.1) is 11.3 Å². The first-order valence-corrected chi connectivity index (χ1v) is 14.4. The monoisotopic (exact) mass is 734 g/mol. The molecule has 1 aromatic heterocycles. The molecule has 0 aliphatic heterocycles. The molecule has 0 aliphatic rings.